The number of amides is 2. The van der Waals surface area contributed by atoms with Gasteiger partial charge in [-0.3, -0.25) is 9.59 Å². The third-order valence-corrected chi connectivity index (χ3v) is 5.17. The van der Waals surface area contributed by atoms with E-state index in [1.807, 2.05) is 40.7 Å². The lowest BCUT2D eigenvalue weighted by Crippen LogP contribution is -2.42. The number of nitrogens with one attached hydrogen (secondary N) is 1. The van der Waals surface area contributed by atoms with Crippen LogP contribution in [0.25, 0.3) is 0 Å². The number of anilines is 2. The van der Waals surface area contributed by atoms with Crippen LogP contribution in [-0.4, -0.2) is 38.2 Å². The lowest BCUT2D eigenvalue weighted by molar-refractivity contribution is -0.127. The van der Waals surface area contributed by atoms with Gasteiger partial charge in [0.2, 0.25) is 5.91 Å². The van der Waals surface area contributed by atoms with Crippen LogP contribution < -0.4 is 24.4 Å². The number of carbonyl (C=O) groups is 2. The fraction of sp³-hybridized carbons (Fsp3) is 0.440. The van der Waals surface area contributed by atoms with Gasteiger partial charge in [0.05, 0.1) is 24.3 Å². The molecule has 2 aromatic carbocycles. The molecule has 0 aromatic heterocycles. The normalized spacial score (nSPS) is 14.8. The Balaban J connectivity index is 1.85. The van der Waals surface area contributed by atoms with Crippen molar-refractivity contribution in [1.29, 1.82) is 0 Å². The van der Waals surface area contributed by atoms with E-state index in [2.05, 4.69) is 5.32 Å². The summed E-state index contributed by atoms with van der Waals surface area (Å²) in [6.07, 6.45) is 0.833. The van der Waals surface area contributed by atoms with Crippen molar-refractivity contribution in [3.05, 3.63) is 42.0 Å². The fourth-order valence-corrected chi connectivity index (χ4v) is 3.57. The molecule has 0 unspecified atom stereocenters. The number of carbonyl (C=O) groups excluding carboxylic acids is 2. The molecule has 2 amide bonds. The standard InChI is InChI=1S/C25H32N2O5/c1-6-13-27-19-11-10-18(15-21(19)32-16-25(4,5)24(27)29)26-23(28)17-9-12-20(30-7-2)22(14-17)31-8-3/h9-12,14-15H,6-8,13,16H2,1-5H3,(H,26,28). The van der Waals surface area contributed by atoms with Gasteiger partial charge in [0.25, 0.3) is 5.91 Å². The first kappa shape index (κ1) is 23.4. The average molecular weight is 441 g/mol. The summed E-state index contributed by atoms with van der Waals surface area (Å²) in [5.41, 5.74) is 1.14. The van der Waals surface area contributed by atoms with Crippen molar-refractivity contribution in [3.63, 3.8) is 0 Å². The van der Waals surface area contributed by atoms with Gasteiger partial charge >= 0.3 is 0 Å². The van der Waals surface area contributed by atoms with Crippen LogP contribution in [0.2, 0.25) is 0 Å². The molecule has 0 atom stereocenters. The summed E-state index contributed by atoms with van der Waals surface area (Å²) >= 11 is 0. The van der Waals surface area contributed by atoms with Crippen molar-refractivity contribution in [2.75, 3.05) is 36.6 Å². The Kier molecular flexibility index (Phi) is 7.28. The van der Waals surface area contributed by atoms with Crippen LogP contribution in [0.1, 0.15) is 51.4 Å². The molecule has 0 saturated carbocycles. The Hall–Kier alpha value is -3.22. The fourth-order valence-electron chi connectivity index (χ4n) is 3.57. The van der Waals surface area contributed by atoms with Gasteiger partial charge in [-0.2, -0.15) is 0 Å². The summed E-state index contributed by atoms with van der Waals surface area (Å²) < 4.78 is 17.2. The smallest absolute Gasteiger partial charge is 0.255 e. The van der Waals surface area contributed by atoms with E-state index in [-0.39, 0.29) is 18.4 Å². The number of hydrogen-bond acceptors (Lipinski definition) is 5. The zero-order valence-corrected chi connectivity index (χ0v) is 19.5. The van der Waals surface area contributed by atoms with Gasteiger partial charge in [0, 0.05) is 23.9 Å². The largest absolute Gasteiger partial charge is 0.490 e. The minimum Gasteiger partial charge on any atom is -0.490 e. The molecule has 3 rings (SSSR count). The van der Waals surface area contributed by atoms with Gasteiger partial charge < -0.3 is 24.4 Å². The van der Waals surface area contributed by atoms with E-state index in [0.29, 0.717) is 48.3 Å². The molecule has 0 bridgehead atoms. The van der Waals surface area contributed by atoms with Crippen molar-refractivity contribution < 1.29 is 23.8 Å². The lowest BCUT2D eigenvalue weighted by Gasteiger charge is -2.27. The maximum Gasteiger partial charge on any atom is 0.255 e. The summed E-state index contributed by atoms with van der Waals surface area (Å²) in [4.78, 5) is 27.6. The predicted molar refractivity (Wildman–Crippen MR) is 125 cm³/mol. The molecule has 0 spiro atoms. The molecule has 7 nitrogen and oxygen atoms in total. The van der Waals surface area contributed by atoms with Gasteiger partial charge in [0.1, 0.15) is 12.4 Å². The highest BCUT2D eigenvalue weighted by molar-refractivity contribution is 6.05. The molecule has 1 N–H and O–H groups in total. The van der Waals surface area contributed by atoms with E-state index in [9.17, 15) is 9.59 Å². The molecular formula is C25H32N2O5. The Bertz CT molecular complexity index is 986. The number of ether oxygens (including phenoxy) is 3. The summed E-state index contributed by atoms with van der Waals surface area (Å²) in [6.45, 7) is 11.4. The molecule has 2 aromatic rings. The number of nitrogens with zero attached hydrogens (tertiary/aromatic N) is 1. The van der Waals surface area contributed by atoms with Gasteiger partial charge in [-0.15, -0.1) is 0 Å². The van der Waals surface area contributed by atoms with Gasteiger partial charge in [-0.25, -0.2) is 0 Å². The van der Waals surface area contributed by atoms with Gasteiger partial charge in [-0.05, 0) is 64.4 Å². The number of fused-ring (bicyclic) bond motifs is 1. The summed E-state index contributed by atoms with van der Waals surface area (Å²) in [7, 11) is 0. The van der Waals surface area contributed by atoms with Crippen LogP contribution in [0.5, 0.6) is 17.2 Å². The summed E-state index contributed by atoms with van der Waals surface area (Å²) in [5, 5.41) is 2.91. The third-order valence-electron chi connectivity index (χ3n) is 5.17. The van der Waals surface area contributed by atoms with E-state index >= 15 is 0 Å². The van der Waals surface area contributed by atoms with Crippen LogP contribution in [0.15, 0.2) is 36.4 Å². The molecule has 172 valence electrons. The molecule has 0 radical (unpaired) electrons. The molecule has 1 heterocycles. The molecular weight excluding hydrogens is 408 g/mol. The second-order valence-corrected chi connectivity index (χ2v) is 8.29. The van der Waals surface area contributed by atoms with Crippen LogP contribution >= 0.6 is 0 Å². The molecule has 0 saturated heterocycles. The van der Waals surface area contributed by atoms with Crippen molar-refractivity contribution >= 4 is 23.2 Å². The Morgan fingerprint density at radius 3 is 2.47 bits per heavy atom. The number of hydrogen-bond donors (Lipinski definition) is 1. The van der Waals surface area contributed by atoms with E-state index < -0.39 is 5.41 Å². The van der Waals surface area contributed by atoms with Crippen molar-refractivity contribution in [2.24, 2.45) is 5.41 Å². The maximum absolute atomic E-state index is 13.0. The Morgan fingerprint density at radius 2 is 1.78 bits per heavy atom. The van der Waals surface area contributed by atoms with Crippen molar-refractivity contribution in [3.8, 4) is 17.2 Å². The molecule has 0 aliphatic carbocycles. The lowest BCUT2D eigenvalue weighted by atomic mass is 9.93. The van der Waals surface area contributed by atoms with Crippen LogP contribution in [0.4, 0.5) is 11.4 Å². The van der Waals surface area contributed by atoms with Gasteiger partial charge in [0.15, 0.2) is 11.5 Å². The summed E-state index contributed by atoms with van der Waals surface area (Å²) in [5.74, 6) is 1.48. The van der Waals surface area contributed by atoms with E-state index in [4.69, 9.17) is 14.2 Å². The maximum atomic E-state index is 13.0. The minimum atomic E-state index is -0.629. The number of rotatable bonds is 8. The van der Waals surface area contributed by atoms with Crippen LogP contribution in [-0.2, 0) is 4.79 Å². The number of benzene rings is 2. The zero-order chi connectivity index (χ0) is 23.3. The first-order valence-electron chi connectivity index (χ1n) is 11.1. The third kappa shape index (κ3) is 4.98. The topological polar surface area (TPSA) is 77.1 Å². The van der Waals surface area contributed by atoms with E-state index in [1.165, 1.54) is 0 Å². The Morgan fingerprint density at radius 1 is 1.06 bits per heavy atom. The summed E-state index contributed by atoms with van der Waals surface area (Å²) in [6, 6.07) is 10.5. The van der Waals surface area contributed by atoms with E-state index in [0.717, 1.165) is 12.1 Å². The highest BCUT2D eigenvalue weighted by atomic mass is 16.5. The molecule has 32 heavy (non-hydrogen) atoms. The molecule has 0 fully saturated rings. The highest BCUT2D eigenvalue weighted by Gasteiger charge is 2.37. The zero-order valence-electron chi connectivity index (χ0n) is 19.5. The van der Waals surface area contributed by atoms with Gasteiger partial charge in [-0.1, -0.05) is 6.92 Å². The second-order valence-electron chi connectivity index (χ2n) is 8.29. The predicted octanol–water partition coefficient (Wildman–Crippen LogP) is 4.90. The average Bonchev–Trinajstić information content (AvgIpc) is 2.85. The first-order chi connectivity index (χ1) is 15.3. The van der Waals surface area contributed by atoms with Crippen LogP contribution in [0.3, 0.4) is 0 Å². The van der Waals surface area contributed by atoms with E-state index in [1.54, 1.807) is 35.2 Å². The highest BCUT2D eigenvalue weighted by Crippen LogP contribution is 2.38. The Labute approximate surface area is 189 Å². The minimum absolute atomic E-state index is 0.0349. The van der Waals surface area contributed by atoms with Crippen molar-refractivity contribution in [1.82, 2.24) is 0 Å². The second kappa shape index (κ2) is 9.94. The SMILES string of the molecule is CCCN1C(=O)C(C)(C)COc2cc(NC(=O)c3ccc(OCC)c(OCC)c3)ccc21. The molecule has 7 heteroatoms. The quantitative estimate of drug-likeness (QED) is 0.632. The van der Waals surface area contributed by atoms with Crippen LogP contribution in [0, 0.1) is 5.41 Å². The first-order valence-corrected chi connectivity index (χ1v) is 11.1. The van der Waals surface area contributed by atoms with Crippen molar-refractivity contribution in [2.45, 2.75) is 41.0 Å². The molecule has 1 aliphatic rings. The molecule has 1 aliphatic heterocycles. The monoisotopic (exact) mass is 440 g/mol.